The number of aliphatic hydroxyl groups excluding tert-OH is 1. The molecule has 0 aliphatic rings. The number of pyridine rings is 1. The Morgan fingerprint density at radius 1 is 1.03 bits per heavy atom. The lowest BCUT2D eigenvalue weighted by Gasteiger charge is -2.09. The highest BCUT2D eigenvalue weighted by Gasteiger charge is 2.16. The van der Waals surface area contributed by atoms with Gasteiger partial charge in [0.15, 0.2) is 0 Å². The van der Waals surface area contributed by atoms with Crippen molar-refractivity contribution in [2.24, 2.45) is 11.4 Å². The van der Waals surface area contributed by atoms with Gasteiger partial charge < -0.3 is 10.4 Å². The molecule has 0 aliphatic heterocycles. The van der Waals surface area contributed by atoms with E-state index in [4.69, 9.17) is 0 Å². The molecule has 0 spiro atoms. The summed E-state index contributed by atoms with van der Waals surface area (Å²) < 4.78 is 19.1. The molecule has 4 aromatic rings. The third kappa shape index (κ3) is 7.04. The van der Waals surface area contributed by atoms with Crippen molar-refractivity contribution in [3.63, 3.8) is 0 Å². The summed E-state index contributed by atoms with van der Waals surface area (Å²) in [4.78, 5) is 30.1. The number of nitrogens with one attached hydrogen (secondary N) is 1. The molecule has 9 nitrogen and oxygen atoms in total. The van der Waals surface area contributed by atoms with Gasteiger partial charge in [-0.25, -0.2) is 4.21 Å². The number of nitrogens with zero attached hydrogens (tertiary/aromatic N) is 4. The van der Waals surface area contributed by atoms with Crippen LogP contribution in [0.5, 0.6) is 0 Å². The van der Waals surface area contributed by atoms with Crippen molar-refractivity contribution >= 4 is 27.2 Å². The number of anilines is 1. The molecule has 4 rings (SSSR count). The van der Waals surface area contributed by atoms with Gasteiger partial charge in [0.2, 0.25) is 0 Å². The molecule has 10 heteroatoms. The third-order valence-corrected chi connectivity index (χ3v) is 7.92. The van der Waals surface area contributed by atoms with Crippen molar-refractivity contribution < 1.29 is 18.9 Å². The molecule has 1 atom stereocenters. The Morgan fingerprint density at radius 2 is 1.79 bits per heavy atom. The minimum absolute atomic E-state index is 0.0548. The SMILES string of the molecule is Cc1cc(C(=O)Nc2cccc(C#Cc3cncc(C(=O)N=[S@](=O)(CCCO)c4ccccc4)c3)c2)n(C)n1. The van der Waals surface area contributed by atoms with Crippen LogP contribution in [0.1, 0.15) is 44.1 Å². The highest BCUT2D eigenvalue weighted by atomic mass is 32.2. The summed E-state index contributed by atoms with van der Waals surface area (Å²) in [6, 6.07) is 18.9. The van der Waals surface area contributed by atoms with Crippen LogP contribution in [0.3, 0.4) is 0 Å². The molecule has 39 heavy (non-hydrogen) atoms. The number of rotatable bonds is 7. The smallest absolute Gasteiger partial charge is 0.286 e. The fourth-order valence-corrected chi connectivity index (χ4v) is 5.67. The van der Waals surface area contributed by atoms with Gasteiger partial charge in [0.05, 0.1) is 21.0 Å². The van der Waals surface area contributed by atoms with Crippen molar-refractivity contribution in [1.82, 2.24) is 14.8 Å². The minimum Gasteiger partial charge on any atom is -0.396 e. The summed E-state index contributed by atoms with van der Waals surface area (Å²) in [6.45, 7) is 1.66. The summed E-state index contributed by atoms with van der Waals surface area (Å²) >= 11 is 0. The molecular weight excluding hydrogens is 514 g/mol. The second-order valence-electron chi connectivity index (χ2n) is 8.67. The number of benzene rings is 2. The van der Waals surface area contributed by atoms with Crippen LogP contribution in [0.25, 0.3) is 0 Å². The van der Waals surface area contributed by atoms with E-state index in [2.05, 4.69) is 31.6 Å². The average Bonchev–Trinajstić information content (AvgIpc) is 3.29. The minimum atomic E-state index is -3.07. The molecular formula is C29H27N5O4S. The number of amides is 2. The van der Waals surface area contributed by atoms with Crippen LogP contribution in [0.2, 0.25) is 0 Å². The molecule has 0 saturated carbocycles. The zero-order valence-corrected chi connectivity index (χ0v) is 22.3. The Balaban J connectivity index is 1.54. The van der Waals surface area contributed by atoms with Crippen molar-refractivity contribution in [1.29, 1.82) is 0 Å². The van der Waals surface area contributed by atoms with Gasteiger partial charge >= 0.3 is 0 Å². The summed E-state index contributed by atoms with van der Waals surface area (Å²) in [5, 5.41) is 16.3. The first-order valence-electron chi connectivity index (χ1n) is 12.1. The maximum Gasteiger partial charge on any atom is 0.286 e. The summed E-state index contributed by atoms with van der Waals surface area (Å²) in [7, 11) is -1.36. The molecule has 2 aromatic carbocycles. The Hall–Kier alpha value is -4.59. The maximum atomic E-state index is 13.6. The van der Waals surface area contributed by atoms with Crippen LogP contribution < -0.4 is 5.32 Å². The van der Waals surface area contributed by atoms with E-state index in [1.54, 1.807) is 73.8 Å². The average molecular weight is 542 g/mol. The van der Waals surface area contributed by atoms with E-state index in [-0.39, 0.29) is 30.3 Å². The van der Waals surface area contributed by atoms with E-state index < -0.39 is 15.6 Å². The lowest BCUT2D eigenvalue weighted by Crippen LogP contribution is -2.16. The lowest BCUT2D eigenvalue weighted by molar-refractivity contribution is 0.0999. The summed E-state index contributed by atoms with van der Waals surface area (Å²) in [5.41, 5.74) is 3.03. The first kappa shape index (κ1) is 27.4. The number of hydrogen-bond donors (Lipinski definition) is 2. The Labute approximate surface area is 227 Å². The van der Waals surface area contributed by atoms with Crippen molar-refractivity contribution in [2.75, 3.05) is 17.7 Å². The molecule has 0 saturated heterocycles. The second-order valence-corrected chi connectivity index (χ2v) is 11.0. The van der Waals surface area contributed by atoms with Crippen molar-refractivity contribution in [3.8, 4) is 11.8 Å². The molecule has 2 N–H and O–H groups in total. The van der Waals surface area contributed by atoms with Gasteiger partial charge in [-0.15, -0.1) is 0 Å². The topological polar surface area (TPSA) is 127 Å². The van der Waals surface area contributed by atoms with Crippen LogP contribution in [0.4, 0.5) is 5.69 Å². The van der Waals surface area contributed by atoms with Crippen LogP contribution in [0.15, 0.2) is 88.4 Å². The fourth-order valence-electron chi connectivity index (χ4n) is 3.76. The number of aromatic nitrogens is 3. The van der Waals surface area contributed by atoms with E-state index in [0.717, 1.165) is 5.69 Å². The lowest BCUT2D eigenvalue weighted by atomic mass is 10.1. The third-order valence-electron chi connectivity index (χ3n) is 5.61. The number of carbonyl (C=O) groups is 2. The van der Waals surface area contributed by atoms with Gasteiger partial charge in [0.25, 0.3) is 11.8 Å². The van der Waals surface area contributed by atoms with Gasteiger partial charge in [-0.3, -0.25) is 19.3 Å². The van der Waals surface area contributed by atoms with E-state index in [1.807, 2.05) is 6.92 Å². The van der Waals surface area contributed by atoms with Crippen LogP contribution in [-0.2, 0) is 16.8 Å². The largest absolute Gasteiger partial charge is 0.396 e. The predicted molar refractivity (Wildman–Crippen MR) is 149 cm³/mol. The Morgan fingerprint density at radius 3 is 2.51 bits per heavy atom. The number of aryl methyl sites for hydroxylation is 2. The molecule has 2 amide bonds. The Bertz CT molecular complexity index is 1690. The zero-order chi connectivity index (χ0) is 27.8. The van der Waals surface area contributed by atoms with Gasteiger partial charge in [-0.2, -0.15) is 9.46 Å². The van der Waals surface area contributed by atoms with Gasteiger partial charge in [-0.05, 0) is 55.8 Å². The van der Waals surface area contributed by atoms with E-state index >= 15 is 0 Å². The van der Waals surface area contributed by atoms with Crippen LogP contribution in [0, 0.1) is 18.8 Å². The quantitative estimate of drug-likeness (QED) is 0.343. The summed E-state index contributed by atoms with van der Waals surface area (Å²) in [6.07, 6.45) is 3.11. The molecule has 0 fully saturated rings. The zero-order valence-electron chi connectivity index (χ0n) is 21.5. The molecule has 2 heterocycles. The van der Waals surface area contributed by atoms with Crippen molar-refractivity contribution in [2.45, 2.75) is 18.2 Å². The normalized spacial score (nSPS) is 12.1. The van der Waals surface area contributed by atoms with E-state index in [9.17, 15) is 18.9 Å². The molecule has 2 aromatic heterocycles. The van der Waals surface area contributed by atoms with Gasteiger partial charge in [0.1, 0.15) is 5.69 Å². The monoisotopic (exact) mass is 541 g/mol. The van der Waals surface area contributed by atoms with Crippen molar-refractivity contribution in [3.05, 3.63) is 107 Å². The number of carbonyl (C=O) groups excluding carboxylic acids is 2. The molecule has 198 valence electrons. The highest BCUT2D eigenvalue weighted by Crippen LogP contribution is 2.17. The number of hydrogen-bond acceptors (Lipinski definition) is 6. The van der Waals surface area contributed by atoms with Gasteiger partial charge in [0, 0.05) is 53.5 Å². The van der Waals surface area contributed by atoms with Gasteiger partial charge in [-0.1, -0.05) is 36.1 Å². The first-order chi connectivity index (χ1) is 18.8. The molecule has 0 radical (unpaired) electrons. The number of aliphatic hydroxyl groups is 1. The predicted octanol–water partition coefficient (Wildman–Crippen LogP) is 3.83. The second kappa shape index (κ2) is 12.3. The summed E-state index contributed by atoms with van der Waals surface area (Å²) in [5.74, 6) is 5.08. The van der Waals surface area contributed by atoms with E-state index in [1.165, 1.54) is 17.1 Å². The molecule has 0 aliphatic carbocycles. The van der Waals surface area contributed by atoms with Crippen LogP contribution >= 0.6 is 0 Å². The van der Waals surface area contributed by atoms with Crippen LogP contribution in [-0.4, -0.2) is 48.3 Å². The molecule has 0 unspecified atom stereocenters. The standard InChI is InChI=1S/C29H27N5O4S/c1-21-16-27(34(2)32-21)29(37)31-25-9-6-8-22(18-25)12-13-23-17-24(20-30-19-23)28(36)33-39(38,15-7-14-35)26-10-4-3-5-11-26/h3-6,8-11,16-20,35H,7,14-15H2,1-2H3,(H,31,37)/t39-/m0/s1. The maximum absolute atomic E-state index is 13.6. The Kier molecular flexibility index (Phi) is 8.66. The fraction of sp³-hybridized carbons (Fsp3) is 0.172. The highest BCUT2D eigenvalue weighted by molar-refractivity contribution is 7.94. The molecule has 0 bridgehead atoms. The van der Waals surface area contributed by atoms with E-state index in [0.29, 0.717) is 27.4 Å². The first-order valence-corrected chi connectivity index (χ1v) is 13.8.